The van der Waals surface area contributed by atoms with Crippen molar-refractivity contribution in [2.75, 3.05) is 5.32 Å². The van der Waals surface area contributed by atoms with Crippen LogP contribution in [-0.4, -0.2) is 18.0 Å². The molecule has 0 spiro atoms. The molecule has 0 aromatic heterocycles. The molecule has 8 heteroatoms. The summed E-state index contributed by atoms with van der Waals surface area (Å²) in [5, 5.41) is 15.4. The van der Waals surface area contributed by atoms with Crippen LogP contribution in [0.15, 0.2) is 77.9 Å². The Labute approximate surface area is 184 Å². The van der Waals surface area contributed by atoms with Crippen molar-refractivity contribution in [1.29, 1.82) is 5.26 Å². The second kappa shape index (κ2) is 11.0. The minimum absolute atomic E-state index is 0.271. The number of carbonyl (C=O) groups is 2. The molecule has 0 saturated carbocycles. The summed E-state index contributed by atoms with van der Waals surface area (Å²) in [5.74, 6) is -0.920. The normalized spacial score (nSPS) is 10.4. The van der Waals surface area contributed by atoms with Gasteiger partial charge in [-0.2, -0.15) is 10.4 Å². The Morgan fingerprint density at radius 3 is 2.44 bits per heavy atom. The summed E-state index contributed by atoms with van der Waals surface area (Å²) in [7, 11) is 0. The van der Waals surface area contributed by atoms with Crippen LogP contribution in [-0.2, 0) is 16.2 Å². The van der Waals surface area contributed by atoms with Crippen LogP contribution < -0.4 is 15.5 Å². The molecular weight excluding hydrogens is 411 g/mol. The highest BCUT2D eigenvalue weighted by Gasteiger charge is 2.09. The first-order valence-corrected chi connectivity index (χ1v) is 9.61. The van der Waals surface area contributed by atoms with E-state index in [0.717, 1.165) is 5.56 Å². The van der Waals surface area contributed by atoms with E-state index in [2.05, 4.69) is 21.9 Å². The quantitative estimate of drug-likeness (QED) is 0.323. The highest BCUT2D eigenvalue weighted by molar-refractivity contribution is 6.03. The third kappa shape index (κ3) is 6.78. The molecule has 3 aromatic carbocycles. The van der Waals surface area contributed by atoms with Gasteiger partial charge in [0, 0.05) is 11.3 Å². The maximum absolute atomic E-state index is 12.9. The fraction of sp³-hybridized carbons (Fsp3) is 0.0833. The summed E-state index contributed by atoms with van der Waals surface area (Å²) in [6, 6.07) is 21.6. The van der Waals surface area contributed by atoms with Gasteiger partial charge in [0.2, 0.25) is 11.8 Å². The van der Waals surface area contributed by atoms with Gasteiger partial charge in [0.05, 0.1) is 17.8 Å². The zero-order chi connectivity index (χ0) is 22.8. The predicted octanol–water partition coefficient (Wildman–Crippen LogP) is 3.76. The van der Waals surface area contributed by atoms with Crippen LogP contribution in [0.5, 0.6) is 5.75 Å². The molecule has 0 aliphatic carbocycles. The van der Waals surface area contributed by atoms with Gasteiger partial charge in [-0.1, -0.05) is 18.2 Å². The molecule has 7 nitrogen and oxygen atoms in total. The molecule has 0 saturated heterocycles. The van der Waals surface area contributed by atoms with Gasteiger partial charge >= 0.3 is 0 Å². The molecule has 0 aliphatic heterocycles. The number of benzene rings is 3. The summed E-state index contributed by atoms with van der Waals surface area (Å²) in [5.41, 5.74) is 4.75. The number of carbonyl (C=O) groups excluding carboxylic acids is 2. The average Bonchev–Trinajstić information content (AvgIpc) is 2.80. The molecule has 0 atom stereocenters. The standard InChI is InChI=1S/C24H19FN4O3/c25-20-7-9-21(10-8-20)28-23(30)13-24(31)29-27-15-17-5-11-22(12-6-17)32-16-19-4-2-1-3-18(19)14-26/h1-12,15H,13,16H2,(H,28,30)(H,29,31). The second-order valence-corrected chi connectivity index (χ2v) is 6.65. The Morgan fingerprint density at radius 2 is 1.72 bits per heavy atom. The maximum atomic E-state index is 12.9. The fourth-order valence-electron chi connectivity index (χ4n) is 2.67. The molecule has 0 unspecified atom stereocenters. The molecule has 0 aliphatic rings. The van der Waals surface area contributed by atoms with Crippen LogP contribution in [0, 0.1) is 17.1 Å². The number of nitriles is 1. The van der Waals surface area contributed by atoms with Crippen LogP contribution in [0.1, 0.15) is 23.1 Å². The Kier molecular flexibility index (Phi) is 7.65. The van der Waals surface area contributed by atoms with Gasteiger partial charge in [0.15, 0.2) is 0 Å². The lowest BCUT2D eigenvalue weighted by Crippen LogP contribution is -2.24. The first-order chi connectivity index (χ1) is 15.5. The maximum Gasteiger partial charge on any atom is 0.249 e. The number of hydrogen-bond donors (Lipinski definition) is 2. The highest BCUT2D eigenvalue weighted by Crippen LogP contribution is 2.15. The molecular formula is C24H19FN4O3. The zero-order valence-electron chi connectivity index (χ0n) is 16.9. The minimum atomic E-state index is -0.586. The number of rotatable bonds is 8. The number of amides is 2. The molecule has 3 aromatic rings. The second-order valence-electron chi connectivity index (χ2n) is 6.65. The van der Waals surface area contributed by atoms with Gasteiger partial charge in [-0.15, -0.1) is 0 Å². The topological polar surface area (TPSA) is 104 Å². The molecule has 160 valence electrons. The number of nitrogens with zero attached hydrogens (tertiary/aromatic N) is 2. The van der Waals surface area contributed by atoms with E-state index in [1.165, 1.54) is 30.5 Å². The summed E-state index contributed by atoms with van der Waals surface area (Å²) in [4.78, 5) is 23.7. The van der Waals surface area contributed by atoms with E-state index in [9.17, 15) is 14.0 Å². The van der Waals surface area contributed by atoms with Gasteiger partial charge in [0.1, 0.15) is 24.6 Å². The van der Waals surface area contributed by atoms with Crippen molar-refractivity contribution >= 4 is 23.7 Å². The van der Waals surface area contributed by atoms with E-state index >= 15 is 0 Å². The fourth-order valence-corrected chi connectivity index (χ4v) is 2.67. The Hall–Kier alpha value is -4.51. The predicted molar refractivity (Wildman–Crippen MR) is 117 cm³/mol. The first kappa shape index (κ1) is 22.2. The van der Waals surface area contributed by atoms with Gasteiger partial charge in [-0.25, -0.2) is 9.82 Å². The van der Waals surface area contributed by atoms with Gasteiger partial charge in [-0.3, -0.25) is 9.59 Å². The highest BCUT2D eigenvalue weighted by atomic mass is 19.1. The first-order valence-electron chi connectivity index (χ1n) is 9.61. The zero-order valence-corrected chi connectivity index (χ0v) is 16.9. The number of nitrogens with one attached hydrogen (secondary N) is 2. The van der Waals surface area contributed by atoms with E-state index in [1.807, 2.05) is 12.1 Å². The van der Waals surface area contributed by atoms with Crippen LogP contribution >= 0.6 is 0 Å². The SMILES string of the molecule is N#Cc1ccccc1COc1ccc(C=NNC(=O)CC(=O)Nc2ccc(F)cc2)cc1. The third-order valence-corrected chi connectivity index (χ3v) is 4.26. The van der Waals surface area contributed by atoms with Crippen molar-refractivity contribution in [1.82, 2.24) is 5.43 Å². The molecule has 0 radical (unpaired) electrons. The number of hydrogen-bond acceptors (Lipinski definition) is 5. The lowest BCUT2D eigenvalue weighted by atomic mass is 10.1. The summed E-state index contributed by atoms with van der Waals surface area (Å²) in [6.07, 6.45) is 1.01. The number of anilines is 1. The molecule has 0 heterocycles. The monoisotopic (exact) mass is 430 g/mol. The average molecular weight is 430 g/mol. The van der Waals surface area contributed by atoms with Crippen LogP contribution in [0.4, 0.5) is 10.1 Å². The van der Waals surface area contributed by atoms with Crippen molar-refractivity contribution in [2.24, 2.45) is 5.10 Å². The lowest BCUT2D eigenvalue weighted by Gasteiger charge is -2.07. The van der Waals surface area contributed by atoms with Crippen molar-refractivity contribution in [3.05, 3.63) is 95.3 Å². The van der Waals surface area contributed by atoms with E-state index < -0.39 is 24.1 Å². The van der Waals surface area contributed by atoms with Gasteiger partial charge in [-0.05, 0) is 60.2 Å². The van der Waals surface area contributed by atoms with Crippen molar-refractivity contribution in [2.45, 2.75) is 13.0 Å². The van der Waals surface area contributed by atoms with Gasteiger partial charge < -0.3 is 10.1 Å². The van der Waals surface area contributed by atoms with Crippen LogP contribution in [0.2, 0.25) is 0 Å². The van der Waals surface area contributed by atoms with Crippen LogP contribution in [0.25, 0.3) is 0 Å². The largest absolute Gasteiger partial charge is 0.489 e. The molecule has 2 N–H and O–H groups in total. The van der Waals surface area contributed by atoms with E-state index in [0.29, 0.717) is 22.6 Å². The summed E-state index contributed by atoms with van der Waals surface area (Å²) < 4.78 is 18.6. The molecule has 32 heavy (non-hydrogen) atoms. The number of ether oxygens (including phenoxy) is 1. The molecule has 0 bridgehead atoms. The minimum Gasteiger partial charge on any atom is -0.489 e. The Morgan fingerprint density at radius 1 is 1.00 bits per heavy atom. The summed E-state index contributed by atoms with van der Waals surface area (Å²) in [6.45, 7) is 0.271. The van der Waals surface area contributed by atoms with Crippen LogP contribution in [0.3, 0.4) is 0 Å². The molecule has 2 amide bonds. The Bertz CT molecular complexity index is 1150. The third-order valence-electron chi connectivity index (χ3n) is 4.26. The van der Waals surface area contributed by atoms with Crippen molar-refractivity contribution in [3.8, 4) is 11.8 Å². The van der Waals surface area contributed by atoms with Gasteiger partial charge in [0.25, 0.3) is 0 Å². The number of hydrazone groups is 1. The van der Waals surface area contributed by atoms with E-state index in [1.54, 1.807) is 36.4 Å². The molecule has 0 fully saturated rings. The van der Waals surface area contributed by atoms with Crippen molar-refractivity contribution < 1.29 is 18.7 Å². The smallest absolute Gasteiger partial charge is 0.249 e. The lowest BCUT2D eigenvalue weighted by molar-refractivity contribution is -0.126. The molecule has 3 rings (SSSR count). The Balaban J connectivity index is 1.44. The number of halogens is 1. The summed E-state index contributed by atoms with van der Waals surface area (Å²) >= 11 is 0. The van der Waals surface area contributed by atoms with E-state index in [-0.39, 0.29) is 6.61 Å². The van der Waals surface area contributed by atoms with E-state index in [4.69, 9.17) is 10.00 Å². The van der Waals surface area contributed by atoms with Crippen molar-refractivity contribution in [3.63, 3.8) is 0 Å².